The Hall–Kier alpha value is -1.45. The van der Waals surface area contributed by atoms with Gasteiger partial charge in [0, 0.05) is 0 Å². The molecule has 0 radical (unpaired) electrons. The second-order valence-electron chi connectivity index (χ2n) is 17.8. The van der Waals surface area contributed by atoms with Crippen molar-refractivity contribution in [2.45, 2.75) is 263 Å². The predicted molar refractivity (Wildman–Crippen MR) is 260 cm³/mol. The van der Waals surface area contributed by atoms with Crippen LogP contribution in [0.25, 0.3) is 0 Å². The molecule has 0 atom stereocenters. The van der Waals surface area contributed by atoms with Crippen molar-refractivity contribution in [1.29, 1.82) is 0 Å². The number of ether oxygens (including phenoxy) is 2. The van der Waals surface area contributed by atoms with Gasteiger partial charge in [-0.3, -0.25) is 0 Å². The summed E-state index contributed by atoms with van der Waals surface area (Å²) in [5.41, 5.74) is -0.349. The Morgan fingerprint density at radius 2 is 0.698 bits per heavy atom. The maximum absolute atomic E-state index is 13.0. The molecule has 0 unspecified atom stereocenters. The number of hydrogen-bond donors (Lipinski definition) is 0. The minimum Gasteiger partial charge on any atom is -0.744 e. The van der Waals surface area contributed by atoms with Crippen molar-refractivity contribution in [1.82, 2.24) is 0 Å². The average molecular weight is 909 g/mol. The summed E-state index contributed by atoms with van der Waals surface area (Å²) in [6.45, 7) is 4.89. The van der Waals surface area contributed by atoms with E-state index in [4.69, 9.17) is 9.47 Å². The molecule has 0 saturated carbocycles. The molecule has 0 amide bonds. The van der Waals surface area contributed by atoms with Crippen molar-refractivity contribution in [2.24, 2.45) is 0 Å². The normalized spacial score (nSPS) is 11.7. The van der Waals surface area contributed by atoms with Crippen molar-refractivity contribution in [3.8, 4) is 0 Å². The van der Waals surface area contributed by atoms with Crippen LogP contribution in [0, 0.1) is 0 Å². The van der Waals surface area contributed by atoms with Crippen LogP contribution in [0.4, 0.5) is 0 Å². The van der Waals surface area contributed by atoms with Crippen LogP contribution in [-0.4, -0.2) is 38.1 Å². The van der Waals surface area contributed by atoms with Gasteiger partial charge in [0.05, 0.1) is 29.2 Å². The van der Waals surface area contributed by atoms with E-state index >= 15 is 0 Å². The SMILES string of the molecule is CCCCCCCCCCCCCC/C=C/CCCCCCCOC(=O)c1ccc(S(=O)(=O)[O-])cc1C(=O)OCCCCCCC/C=C/CCCCCCCCCCCCCC.[Na+]. The molecule has 0 fully saturated rings. The summed E-state index contributed by atoms with van der Waals surface area (Å²) in [5.74, 6) is -1.56. The molecule has 63 heavy (non-hydrogen) atoms. The van der Waals surface area contributed by atoms with Crippen LogP contribution in [-0.2, 0) is 19.6 Å². The third-order valence-electron chi connectivity index (χ3n) is 12.0. The van der Waals surface area contributed by atoms with Gasteiger partial charge in [0.15, 0.2) is 0 Å². The summed E-state index contributed by atoms with van der Waals surface area (Å²) in [4.78, 5) is 25.4. The van der Waals surface area contributed by atoms with E-state index < -0.39 is 27.0 Å². The number of benzene rings is 1. The Balaban J connectivity index is 0.0000384. The number of carbonyl (C=O) groups excluding carboxylic acids is 2. The second-order valence-corrected chi connectivity index (χ2v) is 19.2. The first-order valence-electron chi connectivity index (χ1n) is 26.0. The molecule has 0 aliphatic carbocycles. The molecule has 1 rings (SSSR count). The van der Waals surface area contributed by atoms with Crippen LogP contribution in [0.2, 0.25) is 0 Å². The summed E-state index contributed by atoms with van der Waals surface area (Å²) in [6, 6.07) is 3.14. The largest absolute Gasteiger partial charge is 1.00 e. The zero-order valence-corrected chi connectivity index (χ0v) is 43.9. The minimum atomic E-state index is -4.83. The van der Waals surface area contributed by atoms with Gasteiger partial charge in [-0.2, -0.15) is 0 Å². The van der Waals surface area contributed by atoms with Gasteiger partial charge in [0.2, 0.25) is 0 Å². The van der Waals surface area contributed by atoms with Gasteiger partial charge in [-0.25, -0.2) is 18.0 Å². The zero-order valence-electron chi connectivity index (χ0n) is 41.1. The van der Waals surface area contributed by atoms with Crippen molar-refractivity contribution in [2.75, 3.05) is 13.2 Å². The van der Waals surface area contributed by atoms with Crippen molar-refractivity contribution >= 4 is 22.1 Å². The third kappa shape index (κ3) is 38.4. The summed E-state index contributed by atoms with van der Waals surface area (Å²) >= 11 is 0. The van der Waals surface area contributed by atoms with Gasteiger partial charge in [-0.05, 0) is 82.4 Å². The van der Waals surface area contributed by atoms with E-state index in [2.05, 4.69) is 38.2 Å². The molecule has 0 aliphatic rings. The number of esters is 2. The Kier molecular flexibility index (Phi) is 44.6. The van der Waals surface area contributed by atoms with E-state index in [1.807, 2.05) is 0 Å². The Morgan fingerprint density at radius 3 is 1.00 bits per heavy atom. The van der Waals surface area contributed by atoms with Gasteiger partial charge >= 0.3 is 41.5 Å². The molecular formula is C54H93NaO7S. The first kappa shape index (κ1) is 61.5. The quantitative estimate of drug-likeness (QED) is 0.0211. The van der Waals surface area contributed by atoms with Crippen molar-refractivity contribution in [3.05, 3.63) is 53.6 Å². The molecule has 0 heterocycles. The molecular weight excluding hydrogens is 816 g/mol. The van der Waals surface area contributed by atoms with E-state index in [1.54, 1.807) is 0 Å². The van der Waals surface area contributed by atoms with E-state index in [1.165, 1.54) is 173 Å². The van der Waals surface area contributed by atoms with Crippen LogP contribution in [0.3, 0.4) is 0 Å². The van der Waals surface area contributed by atoms with Crippen molar-refractivity contribution < 1.29 is 61.6 Å². The molecule has 0 saturated heterocycles. The van der Waals surface area contributed by atoms with Gasteiger partial charge in [-0.1, -0.05) is 218 Å². The van der Waals surface area contributed by atoms with E-state index in [0.29, 0.717) is 12.8 Å². The molecule has 0 aliphatic heterocycles. The van der Waals surface area contributed by atoms with Crippen LogP contribution in [0.5, 0.6) is 0 Å². The maximum Gasteiger partial charge on any atom is 1.00 e. The number of rotatable bonds is 45. The fourth-order valence-corrected chi connectivity index (χ4v) is 8.47. The second kappa shape index (κ2) is 45.7. The summed E-state index contributed by atoms with van der Waals surface area (Å²) in [6.07, 6.45) is 56.6. The van der Waals surface area contributed by atoms with Gasteiger partial charge in [-0.15, -0.1) is 0 Å². The molecule has 7 nitrogen and oxygen atoms in total. The molecule has 0 spiro atoms. The average Bonchev–Trinajstić information content (AvgIpc) is 3.26. The predicted octanol–water partition coefficient (Wildman–Crippen LogP) is 13.9. The third-order valence-corrected chi connectivity index (χ3v) is 12.8. The number of hydrogen-bond acceptors (Lipinski definition) is 7. The van der Waals surface area contributed by atoms with Gasteiger partial charge < -0.3 is 14.0 Å². The number of carbonyl (C=O) groups is 2. The first-order chi connectivity index (χ1) is 30.3. The fourth-order valence-electron chi connectivity index (χ4n) is 7.98. The molecule has 9 heteroatoms. The summed E-state index contributed by atoms with van der Waals surface area (Å²) in [7, 11) is -4.83. The summed E-state index contributed by atoms with van der Waals surface area (Å²) in [5, 5.41) is 0. The molecule has 1 aromatic rings. The van der Waals surface area contributed by atoms with E-state index in [9.17, 15) is 22.6 Å². The van der Waals surface area contributed by atoms with Crippen LogP contribution < -0.4 is 29.6 Å². The molecule has 1 aromatic carbocycles. The minimum absolute atomic E-state index is 0. The van der Waals surface area contributed by atoms with Crippen LogP contribution in [0.15, 0.2) is 47.4 Å². The molecule has 0 bridgehead atoms. The fraction of sp³-hybridized carbons (Fsp3) is 0.778. The first-order valence-corrected chi connectivity index (χ1v) is 27.5. The topological polar surface area (TPSA) is 110 Å². The Labute approximate surface area is 410 Å². The smallest absolute Gasteiger partial charge is 0.744 e. The monoisotopic (exact) mass is 909 g/mol. The zero-order chi connectivity index (χ0) is 45.0. The van der Waals surface area contributed by atoms with E-state index in [0.717, 1.165) is 76.3 Å². The van der Waals surface area contributed by atoms with Crippen molar-refractivity contribution in [3.63, 3.8) is 0 Å². The molecule has 0 N–H and O–H groups in total. The van der Waals surface area contributed by atoms with Crippen LogP contribution in [0.1, 0.15) is 279 Å². The standard InChI is InChI=1S/C54H94O7S.Na/c1-3-5-7-9-11-13-15-17-19-21-23-25-27-29-31-33-35-37-39-41-43-47-60-53(55)51-46-45-50(62(57,58)59)49-52(51)54(56)61-48-44-42-40-38-36-34-32-30-28-26-24-22-20-18-16-14-12-10-8-6-4-2;/h29-32,45-46,49H,3-28,33-44,47-48H2,1-2H3,(H,57,58,59);/q;+1/p-1/b31-29+,32-30+;. The molecule has 358 valence electrons. The number of allylic oxidation sites excluding steroid dienone is 4. The summed E-state index contributed by atoms with van der Waals surface area (Å²) < 4.78 is 46.0. The Bertz CT molecular complexity index is 1380. The van der Waals surface area contributed by atoms with Crippen LogP contribution >= 0.6 is 0 Å². The molecule has 0 aromatic heterocycles. The van der Waals surface area contributed by atoms with Gasteiger partial charge in [0.25, 0.3) is 0 Å². The van der Waals surface area contributed by atoms with E-state index in [-0.39, 0.29) is 53.9 Å². The number of unbranched alkanes of at least 4 members (excludes halogenated alkanes) is 34. The maximum atomic E-state index is 13.0. The van der Waals surface area contributed by atoms with Gasteiger partial charge in [0.1, 0.15) is 10.1 Å². The Morgan fingerprint density at radius 1 is 0.429 bits per heavy atom.